The van der Waals surface area contributed by atoms with Crippen molar-refractivity contribution >= 4 is 37.4 Å². The zero-order valence-electron chi connectivity index (χ0n) is 16.5. The van der Waals surface area contributed by atoms with Gasteiger partial charge in [-0.1, -0.05) is 28.1 Å². The molecule has 1 N–H and O–H groups in total. The van der Waals surface area contributed by atoms with Crippen LogP contribution in [0.5, 0.6) is 0 Å². The number of ether oxygens (including phenoxy) is 1. The van der Waals surface area contributed by atoms with Crippen LogP contribution in [0, 0.1) is 0 Å². The maximum absolute atomic E-state index is 13.0. The molecule has 0 saturated carbocycles. The standard InChI is InChI=1S/C21H25BrN2O4S/c1-21(2,29(26,27)19-8-6-17(22)7-9-19)20(25)23-18-5-3-4-16(14-18)15-24-10-12-28-13-11-24/h3-9,14H,10-13,15H2,1-2H3,(H,23,25). The quantitative estimate of drug-likeness (QED) is 0.684. The minimum Gasteiger partial charge on any atom is -0.379 e. The van der Waals surface area contributed by atoms with Crippen molar-refractivity contribution in [2.45, 2.75) is 30.0 Å². The molecule has 0 aliphatic carbocycles. The number of hydrogen-bond acceptors (Lipinski definition) is 5. The lowest BCUT2D eigenvalue weighted by atomic mass is 10.1. The van der Waals surface area contributed by atoms with Gasteiger partial charge < -0.3 is 10.1 Å². The van der Waals surface area contributed by atoms with E-state index in [9.17, 15) is 13.2 Å². The second-order valence-corrected chi connectivity index (χ2v) is 10.9. The molecule has 0 bridgehead atoms. The van der Waals surface area contributed by atoms with Crippen LogP contribution in [-0.4, -0.2) is 50.3 Å². The molecule has 2 aromatic rings. The topological polar surface area (TPSA) is 75.7 Å². The first-order valence-corrected chi connectivity index (χ1v) is 11.7. The van der Waals surface area contributed by atoms with Crippen molar-refractivity contribution in [3.63, 3.8) is 0 Å². The first kappa shape index (κ1) is 22.0. The Kier molecular flexibility index (Phi) is 6.78. The monoisotopic (exact) mass is 480 g/mol. The Labute approximate surface area is 180 Å². The van der Waals surface area contributed by atoms with Crippen LogP contribution in [0.15, 0.2) is 57.9 Å². The zero-order chi connectivity index (χ0) is 21.1. The van der Waals surface area contributed by atoms with Crippen molar-refractivity contribution in [1.82, 2.24) is 4.90 Å². The highest BCUT2D eigenvalue weighted by Gasteiger charge is 2.42. The molecule has 0 unspecified atom stereocenters. The van der Waals surface area contributed by atoms with Crippen LogP contribution in [0.25, 0.3) is 0 Å². The average molecular weight is 481 g/mol. The largest absolute Gasteiger partial charge is 0.379 e. The Balaban J connectivity index is 1.74. The van der Waals surface area contributed by atoms with Gasteiger partial charge in [0.15, 0.2) is 9.84 Å². The number of hydrogen-bond donors (Lipinski definition) is 1. The molecule has 0 radical (unpaired) electrons. The highest BCUT2D eigenvalue weighted by Crippen LogP contribution is 2.28. The summed E-state index contributed by atoms with van der Waals surface area (Å²) in [6.07, 6.45) is 0. The normalized spacial score (nSPS) is 15.8. The minimum atomic E-state index is -3.86. The molecular weight excluding hydrogens is 456 g/mol. The molecule has 1 saturated heterocycles. The summed E-state index contributed by atoms with van der Waals surface area (Å²) in [7, 11) is -3.86. The third-order valence-corrected chi connectivity index (χ3v) is 7.99. The third kappa shape index (κ3) is 5.06. The Bertz CT molecular complexity index is 968. The summed E-state index contributed by atoms with van der Waals surface area (Å²) < 4.78 is 30.6. The van der Waals surface area contributed by atoms with E-state index in [2.05, 4.69) is 26.1 Å². The number of halogens is 1. The van der Waals surface area contributed by atoms with E-state index < -0.39 is 20.5 Å². The van der Waals surface area contributed by atoms with Gasteiger partial charge in [-0.2, -0.15) is 0 Å². The molecule has 29 heavy (non-hydrogen) atoms. The highest BCUT2D eigenvalue weighted by molar-refractivity contribution is 9.10. The first-order valence-electron chi connectivity index (χ1n) is 9.41. The molecule has 1 aliphatic rings. The van der Waals surface area contributed by atoms with E-state index in [0.717, 1.165) is 42.9 Å². The van der Waals surface area contributed by atoms with E-state index >= 15 is 0 Å². The van der Waals surface area contributed by atoms with Crippen molar-refractivity contribution < 1.29 is 17.9 Å². The number of nitrogens with one attached hydrogen (secondary N) is 1. The van der Waals surface area contributed by atoms with Crippen LogP contribution in [0.2, 0.25) is 0 Å². The fraction of sp³-hybridized carbons (Fsp3) is 0.381. The van der Waals surface area contributed by atoms with Crippen molar-refractivity contribution in [3.05, 3.63) is 58.6 Å². The number of anilines is 1. The number of amides is 1. The lowest BCUT2D eigenvalue weighted by Gasteiger charge is -2.27. The number of nitrogens with zero attached hydrogens (tertiary/aromatic N) is 1. The van der Waals surface area contributed by atoms with Gasteiger partial charge in [0.2, 0.25) is 5.91 Å². The molecule has 3 rings (SSSR count). The average Bonchev–Trinajstić information content (AvgIpc) is 2.69. The molecule has 2 aromatic carbocycles. The molecule has 156 valence electrons. The van der Waals surface area contributed by atoms with E-state index in [1.54, 1.807) is 18.2 Å². The molecule has 1 fully saturated rings. The molecule has 0 aromatic heterocycles. The first-order chi connectivity index (χ1) is 13.7. The van der Waals surface area contributed by atoms with Crippen molar-refractivity contribution in [3.8, 4) is 0 Å². The van der Waals surface area contributed by atoms with Gasteiger partial charge in [-0.15, -0.1) is 0 Å². The lowest BCUT2D eigenvalue weighted by Crippen LogP contribution is -2.44. The van der Waals surface area contributed by atoms with Crippen LogP contribution in [0.1, 0.15) is 19.4 Å². The van der Waals surface area contributed by atoms with Gasteiger partial charge >= 0.3 is 0 Å². The summed E-state index contributed by atoms with van der Waals surface area (Å²) in [4.78, 5) is 15.3. The third-order valence-electron chi connectivity index (χ3n) is 5.04. The van der Waals surface area contributed by atoms with Gasteiger partial charge in [-0.3, -0.25) is 9.69 Å². The zero-order valence-corrected chi connectivity index (χ0v) is 18.9. The van der Waals surface area contributed by atoms with Gasteiger partial charge in [0.25, 0.3) is 0 Å². The van der Waals surface area contributed by atoms with Crippen LogP contribution in [0.3, 0.4) is 0 Å². The molecule has 6 nitrogen and oxygen atoms in total. The summed E-state index contributed by atoms with van der Waals surface area (Å²) >= 11 is 3.29. The SMILES string of the molecule is CC(C)(C(=O)Nc1cccc(CN2CCOCC2)c1)S(=O)(=O)c1ccc(Br)cc1. The number of sulfone groups is 1. The molecule has 1 heterocycles. The van der Waals surface area contributed by atoms with E-state index in [-0.39, 0.29) is 4.90 Å². The summed E-state index contributed by atoms with van der Waals surface area (Å²) in [6, 6.07) is 13.8. The maximum Gasteiger partial charge on any atom is 0.245 e. The van der Waals surface area contributed by atoms with E-state index in [4.69, 9.17) is 4.74 Å². The Hall–Kier alpha value is -1.74. The van der Waals surface area contributed by atoms with E-state index in [1.807, 2.05) is 18.2 Å². The van der Waals surface area contributed by atoms with Crippen LogP contribution >= 0.6 is 15.9 Å². The molecular formula is C21H25BrN2O4S. The van der Waals surface area contributed by atoms with Gasteiger partial charge in [0, 0.05) is 29.8 Å². The minimum absolute atomic E-state index is 0.113. The van der Waals surface area contributed by atoms with Gasteiger partial charge in [-0.25, -0.2) is 8.42 Å². The van der Waals surface area contributed by atoms with E-state index in [0.29, 0.717) is 5.69 Å². The predicted octanol–water partition coefficient (Wildman–Crippen LogP) is 3.47. The van der Waals surface area contributed by atoms with Crippen molar-refractivity contribution in [2.24, 2.45) is 0 Å². The highest BCUT2D eigenvalue weighted by atomic mass is 79.9. The predicted molar refractivity (Wildman–Crippen MR) is 117 cm³/mol. The van der Waals surface area contributed by atoms with Crippen molar-refractivity contribution in [2.75, 3.05) is 31.6 Å². The van der Waals surface area contributed by atoms with Crippen LogP contribution in [0.4, 0.5) is 5.69 Å². The second-order valence-electron chi connectivity index (χ2n) is 7.51. The smallest absolute Gasteiger partial charge is 0.245 e. The summed E-state index contributed by atoms with van der Waals surface area (Å²) in [6.45, 7) is 6.80. The summed E-state index contributed by atoms with van der Waals surface area (Å²) in [5.74, 6) is -0.566. The summed E-state index contributed by atoms with van der Waals surface area (Å²) in [5, 5.41) is 2.78. The molecule has 8 heteroatoms. The Morgan fingerprint density at radius 3 is 2.45 bits per heavy atom. The fourth-order valence-electron chi connectivity index (χ4n) is 3.08. The number of carbonyl (C=O) groups excluding carboxylic acids is 1. The number of carbonyl (C=O) groups is 1. The van der Waals surface area contributed by atoms with E-state index in [1.165, 1.54) is 26.0 Å². The fourth-order valence-corrected chi connectivity index (χ4v) is 4.72. The van der Waals surface area contributed by atoms with Gasteiger partial charge in [-0.05, 0) is 55.8 Å². The van der Waals surface area contributed by atoms with Crippen molar-refractivity contribution in [1.29, 1.82) is 0 Å². The van der Waals surface area contributed by atoms with Crippen LogP contribution in [-0.2, 0) is 25.9 Å². The molecule has 1 amide bonds. The number of rotatable bonds is 6. The second kappa shape index (κ2) is 8.95. The molecule has 0 atom stereocenters. The van der Waals surface area contributed by atoms with Gasteiger partial charge in [0.05, 0.1) is 18.1 Å². The summed E-state index contributed by atoms with van der Waals surface area (Å²) in [5.41, 5.74) is 1.64. The number of morpholine rings is 1. The molecule has 1 aliphatic heterocycles. The number of benzene rings is 2. The lowest BCUT2D eigenvalue weighted by molar-refractivity contribution is -0.117. The van der Waals surface area contributed by atoms with Crippen LogP contribution < -0.4 is 5.32 Å². The molecule has 0 spiro atoms. The Morgan fingerprint density at radius 2 is 1.79 bits per heavy atom. The van der Waals surface area contributed by atoms with Gasteiger partial charge in [0.1, 0.15) is 4.75 Å². The maximum atomic E-state index is 13.0. The Morgan fingerprint density at radius 1 is 1.14 bits per heavy atom.